The Morgan fingerprint density at radius 1 is 0.736 bits per heavy atom. The summed E-state index contributed by atoms with van der Waals surface area (Å²) in [7, 11) is 2.82. The van der Waals surface area contributed by atoms with E-state index in [1.807, 2.05) is 71.8 Å². The highest BCUT2D eigenvalue weighted by atomic mass is 19.1. The summed E-state index contributed by atoms with van der Waals surface area (Å²) in [5.74, 6) is 0.170. The fourth-order valence-corrected chi connectivity index (χ4v) is 6.91. The van der Waals surface area contributed by atoms with Gasteiger partial charge in [-0.1, -0.05) is 18.2 Å². The summed E-state index contributed by atoms with van der Waals surface area (Å²) in [4.78, 5) is 36.8. The Hall–Kier alpha value is -6.09. The van der Waals surface area contributed by atoms with Crippen LogP contribution in [-0.2, 0) is 22.3 Å². The van der Waals surface area contributed by atoms with E-state index in [-0.39, 0.29) is 17.8 Å². The predicted molar refractivity (Wildman–Crippen MR) is 202 cm³/mol. The Labute approximate surface area is 306 Å². The fraction of sp³-hybridized carbons (Fsp3) is 0.227. The van der Waals surface area contributed by atoms with E-state index < -0.39 is 0 Å². The summed E-state index contributed by atoms with van der Waals surface area (Å²) >= 11 is 0. The van der Waals surface area contributed by atoms with Gasteiger partial charge in [-0.25, -0.2) is 14.0 Å². The SMILES string of the molecule is COC(=O)c1cc(C2CC2)cnc1Cc1ccc2[nH]ccc2c1.COC(=O)c1cc(C2CC2)cnc1Cc1ccc2c(ccn2-c2cccc(F)c2)c1. The summed E-state index contributed by atoms with van der Waals surface area (Å²) in [6, 6.07) is 26.9. The van der Waals surface area contributed by atoms with Crippen LogP contribution in [-0.4, -0.2) is 45.7 Å². The zero-order valence-corrected chi connectivity index (χ0v) is 29.6. The van der Waals surface area contributed by atoms with Crippen molar-refractivity contribution in [2.45, 2.75) is 50.4 Å². The maximum atomic E-state index is 13.6. The van der Waals surface area contributed by atoms with Gasteiger partial charge in [0.1, 0.15) is 5.82 Å². The molecule has 2 aliphatic rings. The minimum Gasteiger partial charge on any atom is -0.465 e. The second kappa shape index (κ2) is 14.5. The molecule has 9 rings (SSSR count). The Kier molecular flexibility index (Phi) is 9.31. The largest absolute Gasteiger partial charge is 0.465 e. The molecule has 2 fully saturated rings. The first-order valence-corrected chi connectivity index (χ1v) is 17.9. The molecule has 2 saturated carbocycles. The molecular formula is C44H39FN4O4. The van der Waals surface area contributed by atoms with Gasteiger partial charge in [-0.2, -0.15) is 0 Å². The van der Waals surface area contributed by atoms with E-state index in [9.17, 15) is 14.0 Å². The molecule has 4 heterocycles. The Balaban J connectivity index is 0.000000156. The molecule has 0 radical (unpaired) electrons. The van der Waals surface area contributed by atoms with Crippen LogP contribution in [0.2, 0.25) is 0 Å². The number of benzene rings is 3. The Bertz CT molecular complexity index is 2480. The lowest BCUT2D eigenvalue weighted by atomic mass is 10.0. The summed E-state index contributed by atoms with van der Waals surface area (Å²) in [6.07, 6.45) is 13.5. The van der Waals surface area contributed by atoms with Crippen molar-refractivity contribution < 1.29 is 23.5 Å². The smallest absolute Gasteiger partial charge is 0.339 e. The van der Waals surface area contributed by atoms with Gasteiger partial charge in [0, 0.05) is 54.2 Å². The van der Waals surface area contributed by atoms with Crippen LogP contribution in [0.3, 0.4) is 0 Å². The van der Waals surface area contributed by atoms with Crippen molar-refractivity contribution in [3.8, 4) is 5.69 Å². The molecule has 0 atom stereocenters. The molecule has 0 saturated heterocycles. The third-order valence-corrected chi connectivity index (χ3v) is 10.1. The quantitative estimate of drug-likeness (QED) is 0.150. The molecule has 4 aromatic heterocycles. The number of H-pyrrole nitrogens is 1. The molecular weight excluding hydrogens is 668 g/mol. The van der Waals surface area contributed by atoms with E-state index in [0.29, 0.717) is 35.8 Å². The normalized spacial score (nSPS) is 13.8. The van der Waals surface area contributed by atoms with Crippen LogP contribution >= 0.6 is 0 Å². The predicted octanol–water partition coefficient (Wildman–Crippen LogP) is 9.24. The average Bonchev–Trinajstić information content (AvgIpc) is 4.12. The first kappa shape index (κ1) is 34.0. The topological polar surface area (TPSA) is 99.1 Å². The van der Waals surface area contributed by atoms with Gasteiger partial charge in [-0.05, 0) is 132 Å². The number of aromatic nitrogens is 4. The number of ether oxygens (including phenoxy) is 2. The van der Waals surface area contributed by atoms with Crippen molar-refractivity contribution >= 4 is 33.7 Å². The number of aromatic amines is 1. The number of nitrogens with zero attached hydrogens (tertiary/aromatic N) is 3. The molecule has 9 heteroatoms. The Morgan fingerprint density at radius 3 is 1.92 bits per heavy atom. The molecule has 3 aromatic carbocycles. The lowest BCUT2D eigenvalue weighted by molar-refractivity contribution is 0.0590. The number of esters is 2. The molecule has 8 nitrogen and oxygen atoms in total. The number of carbonyl (C=O) groups is 2. The first-order valence-electron chi connectivity index (χ1n) is 17.9. The van der Waals surface area contributed by atoms with Gasteiger partial charge in [0.25, 0.3) is 0 Å². The number of halogens is 1. The van der Waals surface area contributed by atoms with E-state index in [1.54, 1.807) is 6.07 Å². The van der Waals surface area contributed by atoms with E-state index in [1.165, 1.54) is 39.2 Å². The molecule has 0 spiro atoms. The van der Waals surface area contributed by atoms with Crippen molar-refractivity contribution in [1.82, 2.24) is 19.5 Å². The van der Waals surface area contributed by atoms with Crippen molar-refractivity contribution in [2.24, 2.45) is 0 Å². The highest BCUT2D eigenvalue weighted by Gasteiger charge is 2.27. The Morgan fingerprint density at radius 2 is 1.34 bits per heavy atom. The lowest BCUT2D eigenvalue weighted by Crippen LogP contribution is -2.09. The third kappa shape index (κ3) is 7.46. The van der Waals surface area contributed by atoms with Gasteiger partial charge in [0.2, 0.25) is 0 Å². The minimum absolute atomic E-state index is 0.262. The van der Waals surface area contributed by atoms with E-state index in [0.717, 1.165) is 74.0 Å². The van der Waals surface area contributed by atoms with E-state index >= 15 is 0 Å². The maximum absolute atomic E-state index is 13.6. The number of fused-ring (bicyclic) bond motifs is 2. The van der Waals surface area contributed by atoms with Crippen LogP contribution in [0.5, 0.6) is 0 Å². The van der Waals surface area contributed by atoms with Gasteiger partial charge in [0.05, 0.1) is 42.3 Å². The van der Waals surface area contributed by atoms with Crippen LogP contribution in [0, 0.1) is 5.82 Å². The average molecular weight is 707 g/mol. The van der Waals surface area contributed by atoms with Crippen molar-refractivity contribution in [3.63, 3.8) is 0 Å². The molecule has 0 aliphatic heterocycles. The van der Waals surface area contributed by atoms with Gasteiger partial charge in [-0.15, -0.1) is 0 Å². The van der Waals surface area contributed by atoms with E-state index in [4.69, 9.17) is 9.47 Å². The van der Waals surface area contributed by atoms with Crippen LogP contribution in [0.1, 0.15) is 91.9 Å². The highest BCUT2D eigenvalue weighted by Crippen LogP contribution is 2.41. The number of methoxy groups -OCH3 is 2. The number of hydrogen-bond donors (Lipinski definition) is 1. The summed E-state index contributed by atoms with van der Waals surface area (Å²) in [5, 5.41) is 2.21. The molecule has 1 N–H and O–H groups in total. The fourth-order valence-electron chi connectivity index (χ4n) is 6.91. The monoisotopic (exact) mass is 706 g/mol. The molecule has 53 heavy (non-hydrogen) atoms. The summed E-state index contributed by atoms with van der Waals surface area (Å²) in [6.45, 7) is 0. The standard InChI is InChI=1S/C25H21FN2O2.C19H18N2O2/c1-30-25(29)22-13-19(17-6-7-17)15-27-23(22)12-16-5-8-24-18(11-16)9-10-28(24)21-4-2-3-20(26)14-21;1-23-19(22)16-10-15(13-3-4-13)11-21-18(16)9-12-2-5-17-14(8-12)6-7-20-17/h2-5,8-11,13-15,17H,6-7,12H2,1H3;2,5-8,10-11,13,20H,3-4,9H2,1H3. The number of pyridine rings is 2. The molecule has 2 aliphatic carbocycles. The van der Waals surface area contributed by atoms with Gasteiger partial charge in [-0.3, -0.25) is 9.97 Å². The zero-order chi connectivity index (χ0) is 36.5. The van der Waals surface area contributed by atoms with Crippen LogP contribution < -0.4 is 0 Å². The molecule has 0 bridgehead atoms. The zero-order valence-electron chi connectivity index (χ0n) is 29.6. The highest BCUT2D eigenvalue weighted by molar-refractivity contribution is 5.92. The number of hydrogen-bond acceptors (Lipinski definition) is 6. The summed E-state index contributed by atoms with van der Waals surface area (Å²) in [5.41, 5.74) is 9.95. The second-order valence-corrected chi connectivity index (χ2v) is 13.9. The lowest BCUT2D eigenvalue weighted by Gasteiger charge is -2.10. The number of carbonyl (C=O) groups excluding carboxylic acids is 2. The maximum Gasteiger partial charge on any atom is 0.339 e. The van der Waals surface area contributed by atoms with E-state index in [2.05, 4.69) is 39.2 Å². The minimum atomic E-state index is -0.349. The van der Waals surface area contributed by atoms with Crippen molar-refractivity contribution in [2.75, 3.05) is 14.2 Å². The third-order valence-electron chi connectivity index (χ3n) is 10.1. The van der Waals surface area contributed by atoms with Gasteiger partial charge >= 0.3 is 11.9 Å². The van der Waals surface area contributed by atoms with Crippen LogP contribution in [0.25, 0.3) is 27.5 Å². The first-order chi connectivity index (χ1) is 25.9. The molecule has 0 amide bonds. The van der Waals surface area contributed by atoms with Crippen LogP contribution in [0.4, 0.5) is 4.39 Å². The van der Waals surface area contributed by atoms with Gasteiger partial charge < -0.3 is 19.0 Å². The van der Waals surface area contributed by atoms with Crippen molar-refractivity contribution in [1.29, 1.82) is 0 Å². The molecule has 0 unspecified atom stereocenters. The van der Waals surface area contributed by atoms with Gasteiger partial charge in [0.15, 0.2) is 0 Å². The van der Waals surface area contributed by atoms with Crippen molar-refractivity contribution in [3.05, 3.63) is 160 Å². The molecule has 7 aromatic rings. The number of nitrogens with one attached hydrogen (secondary N) is 1. The number of rotatable bonds is 9. The van der Waals surface area contributed by atoms with Crippen LogP contribution in [0.15, 0.2) is 110 Å². The summed E-state index contributed by atoms with van der Waals surface area (Å²) < 4.78 is 25.5. The molecule has 266 valence electrons. The second-order valence-electron chi connectivity index (χ2n) is 13.9.